The van der Waals surface area contributed by atoms with E-state index in [2.05, 4.69) is 17.4 Å². The van der Waals surface area contributed by atoms with Crippen LogP contribution in [0.25, 0.3) is 0 Å². The first-order chi connectivity index (χ1) is 10.2. The maximum absolute atomic E-state index is 13.6. The molecule has 0 saturated carbocycles. The smallest absolute Gasteiger partial charge is 0.224 e. The van der Waals surface area contributed by atoms with Crippen molar-refractivity contribution in [2.45, 2.75) is 19.3 Å². The van der Waals surface area contributed by atoms with Crippen molar-refractivity contribution in [3.8, 4) is 0 Å². The second kappa shape index (κ2) is 7.79. The van der Waals surface area contributed by atoms with Gasteiger partial charge in [0.25, 0.3) is 0 Å². The molecule has 0 bridgehead atoms. The lowest BCUT2D eigenvalue weighted by Crippen LogP contribution is -2.26. The van der Waals surface area contributed by atoms with Gasteiger partial charge in [-0.1, -0.05) is 48.0 Å². The Morgan fingerprint density at radius 1 is 1.10 bits per heavy atom. The average molecular weight is 306 g/mol. The normalized spacial score (nSPS) is 10.4. The highest BCUT2D eigenvalue weighted by molar-refractivity contribution is 6.31. The number of halogens is 2. The zero-order valence-electron chi connectivity index (χ0n) is 11.6. The van der Waals surface area contributed by atoms with Crippen LogP contribution in [-0.2, 0) is 17.6 Å². The van der Waals surface area contributed by atoms with E-state index in [9.17, 15) is 9.18 Å². The zero-order valence-corrected chi connectivity index (χ0v) is 12.4. The van der Waals surface area contributed by atoms with E-state index in [0.29, 0.717) is 6.54 Å². The van der Waals surface area contributed by atoms with E-state index in [1.807, 2.05) is 18.2 Å². The van der Waals surface area contributed by atoms with Crippen LogP contribution in [0.4, 0.5) is 4.39 Å². The van der Waals surface area contributed by atoms with Crippen molar-refractivity contribution in [3.63, 3.8) is 0 Å². The van der Waals surface area contributed by atoms with Crippen LogP contribution in [0.15, 0.2) is 48.5 Å². The van der Waals surface area contributed by atoms with Crippen molar-refractivity contribution < 1.29 is 9.18 Å². The first-order valence-corrected chi connectivity index (χ1v) is 7.28. The first-order valence-electron chi connectivity index (χ1n) is 6.90. The van der Waals surface area contributed by atoms with Gasteiger partial charge in [0.2, 0.25) is 5.91 Å². The Balaban J connectivity index is 1.75. The summed E-state index contributed by atoms with van der Waals surface area (Å²) in [7, 11) is 0. The lowest BCUT2D eigenvalue weighted by Gasteiger charge is -2.07. The average Bonchev–Trinajstić information content (AvgIpc) is 2.49. The molecule has 0 aromatic heterocycles. The van der Waals surface area contributed by atoms with E-state index < -0.39 is 5.82 Å². The summed E-state index contributed by atoms with van der Waals surface area (Å²) in [5.74, 6) is -0.656. The summed E-state index contributed by atoms with van der Waals surface area (Å²) < 4.78 is 13.6. The summed E-state index contributed by atoms with van der Waals surface area (Å²) in [4.78, 5) is 11.8. The molecule has 0 aliphatic rings. The van der Waals surface area contributed by atoms with Gasteiger partial charge in [0.05, 0.1) is 6.42 Å². The van der Waals surface area contributed by atoms with Crippen LogP contribution in [0.5, 0.6) is 0 Å². The minimum atomic E-state index is -0.443. The van der Waals surface area contributed by atoms with Crippen LogP contribution in [0.2, 0.25) is 5.02 Å². The summed E-state index contributed by atoms with van der Waals surface area (Å²) in [6, 6.07) is 14.5. The lowest BCUT2D eigenvalue weighted by atomic mass is 10.1. The zero-order chi connectivity index (χ0) is 15.1. The maximum Gasteiger partial charge on any atom is 0.224 e. The third kappa shape index (κ3) is 4.87. The topological polar surface area (TPSA) is 29.1 Å². The molecule has 2 nitrogen and oxygen atoms in total. The van der Waals surface area contributed by atoms with Crippen molar-refractivity contribution >= 4 is 17.5 Å². The van der Waals surface area contributed by atoms with Gasteiger partial charge in [-0.15, -0.1) is 0 Å². The fourth-order valence-corrected chi connectivity index (χ4v) is 2.32. The van der Waals surface area contributed by atoms with Crippen molar-refractivity contribution in [2.24, 2.45) is 0 Å². The fraction of sp³-hybridized carbons (Fsp3) is 0.235. The van der Waals surface area contributed by atoms with Gasteiger partial charge >= 0.3 is 0 Å². The van der Waals surface area contributed by atoms with Crippen molar-refractivity contribution in [2.75, 3.05) is 6.54 Å². The Hall–Kier alpha value is -1.87. The summed E-state index contributed by atoms with van der Waals surface area (Å²) in [6.45, 7) is 0.569. The Labute approximate surface area is 128 Å². The molecule has 0 aliphatic carbocycles. The molecule has 1 N–H and O–H groups in total. The molecule has 110 valence electrons. The number of nitrogens with one attached hydrogen (secondary N) is 1. The predicted octanol–water partition coefficient (Wildman–Crippen LogP) is 3.77. The molecule has 0 aliphatic heterocycles. The van der Waals surface area contributed by atoms with E-state index in [1.165, 1.54) is 17.7 Å². The van der Waals surface area contributed by atoms with Gasteiger partial charge in [0.15, 0.2) is 0 Å². The highest BCUT2D eigenvalue weighted by Gasteiger charge is 2.11. The van der Waals surface area contributed by atoms with Crippen LogP contribution in [0.3, 0.4) is 0 Å². The molecule has 21 heavy (non-hydrogen) atoms. The summed E-state index contributed by atoms with van der Waals surface area (Å²) >= 11 is 5.89. The van der Waals surface area contributed by atoms with Gasteiger partial charge in [-0.2, -0.15) is 0 Å². The van der Waals surface area contributed by atoms with Crippen LogP contribution in [0.1, 0.15) is 17.5 Å². The Morgan fingerprint density at radius 2 is 1.86 bits per heavy atom. The molecule has 0 spiro atoms. The second-order valence-corrected chi connectivity index (χ2v) is 5.22. The third-order valence-electron chi connectivity index (χ3n) is 3.21. The Kier molecular flexibility index (Phi) is 5.76. The van der Waals surface area contributed by atoms with Gasteiger partial charge in [0.1, 0.15) is 5.82 Å². The minimum absolute atomic E-state index is 0.0309. The fourth-order valence-electron chi connectivity index (χ4n) is 2.09. The van der Waals surface area contributed by atoms with Gasteiger partial charge in [-0.05, 0) is 30.5 Å². The Bertz CT molecular complexity index is 581. The largest absolute Gasteiger partial charge is 0.356 e. The third-order valence-corrected chi connectivity index (χ3v) is 3.56. The number of hydrogen-bond acceptors (Lipinski definition) is 1. The molecule has 0 atom stereocenters. The number of carbonyl (C=O) groups is 1. The molecule has 4 heteroatoms. The summed E-state index contributed by atoms with van der Waals surface area (Å²) in [5, 5.41) is 3.08. The number of benzene rings is 2. The SMILES string of the molecule is O=C(Cc1c(F)cccc1Cl)NCCCc1ccccc1. The number of rotatable bonds is 6. The molecule has 2 rings (SSSR count). The van der Waals surface area contributed by atoms with Crippen molar-refractivity contribution in [3.05, 3.63) is 70.5 Å². The standard InChI is InChI=1S/C17H17ClFNO/c18-15-9-4-10-16(19)14(15)12-17(21)20-11-5-8-13-6-2-1-3-7-13/h1-4,6-7,9-10H,5,8,11-12H2,(H,20,21). The summed E-state index contributed by atoms with van der Waals surface area (Å²) in [5.41, 5.74) is 1.49. The molecule has 0 unspecified atom stereocenters. The number of carbonyl (C=O) groups excluding carboxylic acids is 1. The van der Waals surface area contributed by atoms with E-state index >= 15 is 0 Å². The minimum Gasteiger partial charge on any atom is -0.356 e. The highest BCUT2D eigenvalue weighted by atomic mass is 35.5. The monoisotopic (exact) mass is 305 g/mol. The van der Waals surface area contributed by atoms with Gasteiger partial charge in [-0.3, -0.25) is 4.79 Å². The quantitative estimate of drug-likeness (QED) is 0.809. The first kappa shape index (κ1) is 15.5. The number of aryl methyl sites for hydroxylation is 1. The number of amides is 1. The van der Waals surface area contributed by atoms with E-state index in [-0.39, 0.29) is 22.9 Å². The molecule has 0 fully saturated rings. The molecule has 0 saturated heterocycles. The molecule has 1 amide bonds. The van der Waals surface area contributed by atoms with Gasteiger partial charge in [0, 0.05) is 17.1 Å². The molecule has 0 heterocycles. The molecule has 0 radical (unpaired) electrons. The highest BCUT2D eigenvalue weighted by Crippen LogP contribution is 2.19. The van der Waals surface area contributed by atoms with E-state index in [4.69, 9.17) is 11.6 Å². The van der Waals surface area contributed by atoms with E-state index in [1.54, 1.807) is 6.07 Å². The van der Waals surface area contributed by atoms with Crippen LogP contribution in [-0.4, -0.2) is 12.5 Å². The predicted molar refractivity (Wildman–Crippen MR) is 82.9 cm³/mol. The molecule has 2 aromatic carbocycles. The van der Waals surface area contributed by atoms with Gasteiger partial charge in [-0.25, -0.2) is 4.39 Å². The van der Waals surface area contributed by atoms with Gasteiger partial charge < -0.3 is 5.32 Å². The van der Waals surface area contributed by atoms with E-state index in [0.717, 1.165) is 12.8 Å². The summed E-state index contributed by atoms with van der Waals surface area (Å²) in [6.07, 6.45) is 1.72. The van der Waals surface area contributed by atoms with Crippen LogP contribution in [0, 0.1) is 5.82 Å². The van der Waals surface area contributed by atoms with Crippen LogP contribution >= 0.6 is 11.6 Å². The maximum atomic E-state index is 13.6. The number of hydrogen-bond donors (Lipinski definition) is 1. The lowest BCUT2D eigenvalue weighted by molar-refractivity contribution is -0.120. The second-order valence-electron chi connectivity index (χ2n) is 4.82. The molecular weight excluding hydrogens is 289 g/mol. The Morgan fingerprint density at radius 3 is 2.57 bits per heavy atom. The molecule has 2 aromatic rings. The van der Waals surface area contributed by atoms with Crippen molar-refractivity contribution in [1.82, 2.24) is 5.32 Å². The molecular formula is C17H17ClFNO. The van der Waals surface area contributed by atoms with Crippen molar-refractivity contribution in [1.29, 1.82) is 0 Å². The van der Waals surface area contributed by atoms with Crippen LogP contribution < -0.4 is 5.32 Å².